The molecule has 0 aromatic carbocycles. The molecule has 0 aromatic rings. The molecule has 0 rings (SSSR count). The largest absolute Gasteiger partial charge is 0.756 e. The summed E-state index contributed by atoms with van der Waals surface area (Å²) >= 11 is 0. The van der Waals surface area contributed by atoms with Crippen molar-refractivity contribution in [1.82, 2.24) is 0 Å². The number of rotatable bonds is 41. The Hall–Kier alpha value is -0.990. The van der Waals surface area contributed by atoms with Gasteiger partial charge in [0.25, 0.3) is 7.82 Å². The monoisotopic (exact) mass is 776 g/mol. The van der Waals surface area contributed by atoms with Crippen LogP contribution in [0.25, 0.3) is 0 Å². The summed E-state index contributed by atoms with van der Waals surface area (Å²) in [5.41, 5.74) is 0. The van der Waals surface area contributed by atoms with Crippen molar-refractivity contribution in [1.29, 1.82) is 0 Å². The van der Waals surface area contributed by atoms with E-state index in [1.54, 1.807) is 0 Å². The fraction of sp³-hybridized carbons (Fsp3) is 0.953. The minimum atomic E-state index is -4.61. The number of unbranched alkanes of at least 4 members (excludes halogenated alkanes) is 27. The van der Waals surface area contributed by atoms with Gasteiger partial charge in [0.1, 0.15) is 19.8 Å². The molecule has 0 N–H and O–H groups in total. The molecule has 9 nitrogen and oxygen atoms in total. The van der Waals surface area contributed by atoms with Crippen molar-refractivity contribution in [3.8, 4) is 0 Å². The zero-order chi connectivity index (χ0) is 39.3. The van der Waals surface area contributed by atoms with Gasteiger partial charge >= 0.3 is 11.9 Å². The van der Waals surface area contributed by atoms with E-state index in [4.69, 9.17) is 18.5 Å². The fourth-order valence-electron chi connectivity index (χ4n) is 6.36. The summed E-state index contributed by atoms with van der Waals surface area (Å²) in [6, 6.07) is 0. The molecule has 0 saturated heterocycles. The quantitative estimate of drug-likeness (QED) is 0.0261. The fourth-order valence-corrected chi connectivity index (χ4v) is 7.09. The number of carbonyl (C=O) groups excluding carboxylic acids is 2. The number of quaternary nitrogens is 1. The number of esters is 2. The van der Waals surface area contributed by atoms with Crippen molar-refractivity contribution in [2.24, 2.45) is 0 Å². The number of phosphoric ester groups is 1. The lowest BCUT2D eigenvalue weighted by molar-refractivity contribution is -0.870. The molecule has 0 aliphatic rings. The molecule has 0 fully saturated rings. The van der Waals surface area contributed by atoms with Crippen LogP contribution < -0.4 is 4.89 Å². The van der Waals surface area contributed by atoms with E-state index in [1.807, 2.05) is 21.1 Å². The van der Waals surface area contributed by atoms with Crippen molar-refractivity contribution in [3.63, 3.8) is 0 Å². The molecule has 2 atom stereocenters. The SMILES string of the molecule is CCCCCCCCCCCCCCCCCCCCCCC(=O)OC[C@H](COP(=O)([O-])OCC[N+](C)(C)C)OC(=O)CCCCCCCCCCC. The topological polar surface area (TPSA) is 111 Å². The lowest BCUT2D eigenvalue weighted by Crippen LogP contribution is -2.37. The number of hydrogen-bond acceptors (Lipinski definition) is 8. The van der Waals surface area contributed by atoms with Crippen molar-refractivity contribution in [3.05, 3.63) is 0 Å². The van der Waals surface area contributed by atoms with Crippen LogP contribution in [0, 0.1) is 0 Å². The van der Waals surface area contributed by atoms with Crippen LogP contribution in [0.4, 0.5) is 0 Å². The molecule has 10 heteroatoms. The number of phosphoric acid groups is 1. The number of ether oxygens (including phenoxy) is 2. The van der Waals surface area contributed by atoms with Gasteiger partial charge in [0.05, 0.1) is 27.7 Å². The van der Waals surface area contributed by atoms with Crippen LogP contribution in [-0.4, -0.2) is 70.0 Å². The average Bonchev–Trinajstić information content (AvgIpc) is 3.10. The average molecular weight is 776 g/mol. The molecule has 0 radical (unpaired) electrons. The van der Waals surface area contributed by atoms with Gasteiger partial charge in [-0.15, -0.1) is 0 Å². The third-order valence-electron chi connectivity index (χ3n) is 9.88. The maximum atomic E-state index is 12.6. The van der Waals surface area contributed by atoms with E-state index in [2.05, 4.69) is 13.8 Å². The summed E-state index contributed by atoms with van der Waals surface area (Å²) in [4.78, 5) is 37.4. The highest BCUT2D eigenvalue weighted by Crippen LogP contribution is 2.38. The van der Waals surface area contributed by atoms with Gasteiger partial charge in [-0.3, -0.25) is 14.2 Å². The molecule has 1 unspecified atom stereocenters. The van der Waals surface area contributed by atoms with E-state index in [0.29, 0.717) is 17.4 Å². The molecule has 0 amide bonds. The van der Waals surface area contributed by atoms with Crippen LogP contribution in [-0.2, 0) is 32.7 Å². The molecule has 0 bridgehead atoms. The number of carbonyl (C=O) groups is 2. The van der Waals surface area contributed by atoms with Crippen LogP contribution in [0.2, 0.25) is 0 Å². The van der Waals surface area contributed by atoms with E-state index in [-0.39, 0.29) is 32.0 Å². The first-order valence-electron chi connectivity index (χ1n) is 22.2. The lowest BCUT2D eigenvalue weighted by Gasteiger charge is -2.28. The highest BCUT2D eigenvalue weighted by molar-refractivity contribution is 7.45. The first-order chi connectivity index (χ1) is 25.5. The Kier molecular flexibility index (Phi) is 36.0. The Morgan fingerprint density at radius 3 is 1.21 bits per heavy atom. The van der Waals surface area contributed by atoms with Crippen LogP contribution in [0.1, 0.15) is 213 Å². The van der Waals surface area contributed by atoms with E-state index in [1.165, 1.54) is 141 Å². The summed E-state index contributed by atoms with van der Waals surface area (Å²) in [6.07, 6.45) is 35.7. The highest BCUT2D eigenvalue weighted by Gasteiger charge is 2.21. The Balaban J connectivity index is 4.17. The molecule has 0 heterocycles. The molecule has 53 heavy (non-hydrogen) atoms. The molecule has 0 aliphatic carbocycles. The lowest BCUT2D eigenvalue weighted by atomic mass is 10.0. The molecule has 0 saturated carbocycles. The van der Waals surface area contributed by atoms with E-state index in [0.717, 1.165) is 38.5 Å². The first-order valence-corrected chi connectivity index (χ1v) is 23.7. The standard InChI is InChI=1S/C43H86NO8P/c1-6-8-10-12-14-16-17-18-19-20-21-22-23-24-25-26-28-29-31-33-35-42(45)49-39-41(40-51-53(47,48)50-38-37-44(3,4)5)52-43(46)36-34-32-30-27-15-13-11-9-7-2/h41H,6-40H2,1-5H3/t41-/m1/s1. The van der Waals surface area contributed by atoms with Crippen molar-refractivity contribution in [2.75, 3.05) is 47.5 Å². The Bertz CT molecular complexity index is 881. The summed E-state index contributed by atoms with van der Waals surface area (Å²) in [5.74, 6) is -0.824. The van der Waals surface area contributed by atoms with E-state index in [9.17, 15) is 19.0 Å². The summed E-state index contributed by atoms with van der Waals surface area (Å²) in [6.45, 7) is 4.23. The second-order valence-corrected chi connectivity index (χ2v) is 17.8. The zero-order valence-corrected chi connectivity index (χ0v) is 36.4. The van der Waals surface area contributed by atoms with Crippen LogP contribution in [0.15, 0.2) is 0 Å². The third kappa shape index (κ3) is 40.5. The number of hydrogen-bond donors (Lipinski definition) is 0. The minimum absolute atomic E-state index is 0.0260. The van der Waals surface area contributed by atoms with Gasteiger partial charge in [0, 0.05) is 12.8 Å². The van der Waals surface area contributed by atoms with E-state index < -0.39 is 26.5 Å². The summed E-state index contributed by atoms with van der Waals surface area (Å²) in [5, 5.41) is 0. The molecule has 316 valence electrons. The molecule has 0 aromatic heterocycles. The second kappa shape index (κ2) is 36.6. The van der Waals surface area contributed by atoms with E-state index >= 15 is 0 Å². The summed E-state index contributed by atoms with van der Waals surface area (Å²) < 4.78 is 33.8. The predicted molar refractivity (Wildman–Crippen MR) is 218 cm³/mol. The van der Waals surface area contributed by atoms with Gasteiger partial charge in [-0.05, 0) is 12.8 Å². The molecular formula is C43H86NO8P. The summed E-state index contributed by atoms with van der Waals surface area (Å²) in [7, 11) is 1.18. The first kappa shape index (κ1) is 52.0. The minimum Gasteiger partial charge on any atom is -0.756 e. The van der Waals surface area contributed by atoms with Gasteiger partial charge in [-0.1, -0.05) is 187 Å². The van der Waals surface area contributed by atoms with Crippen molar-refractivity contribution >= 4 is 19.8 Å². The molecule has 0 aliphatic heterocycles. The van der Waals surface area contributed by atoms with Crippen molar-refractivity contribution < 1.29 is 42.1 Å². The Morgan fingerprint density at radius 2 is 0.849 bits per heavy atom. The van der Waals surface area contributed by atoms with Gasteiger partial charge in [-0.25, -0.2) is 0 Å². The van der Waals surface area contributed by atoms with Crippen molar-refractivity contribution in [2.45, 2.75) is 219 Å². The molecular weight excluding hydrogens is 689 g/mol. The highest BCUT2D eigenvalue weighted by atomic mass is 31.2. The number of likely N-dealkylation sites (N-methyl/N-ethyl adjacent to an activating group) is 1. The smallest absolute Gasteiger partial charge is 0.306 e. The maximum absolute atomic E-state index is 12.6. The Morgan fingerprint density at radius 1 is 0.509 bits per heavy atom. The van der Waals surface area contributed by atoms with Gasteiger partial charge in [-0.2, -0.15) is 0 Å². The second-order valence-electron chi connectivity index (χ2n) is 16.4. The maximum Gasteiger partial charge on any atom is 0.306 e. The predicted octanol–water partition coefficient (Wildman–Crippen LogP) is 11.8. The van der Waals surface area contributed by atoms with Gasteiger partial charge in [0.15, 0.2) is 6.10 Å². The van der Waals surface area contributed by atoms with Crippen LogP contribution in [0.5, 0.6) is 0 Å². The van der Waals surface area contributed by atoms with Crippen LogP contribution >= 0.6 is 7.82 Å². The van der Waals surface area contributed by atoms with Gasteiger partial charge < -0.3 is 27.9 Å². The normalized spacial score (nSPS) is 13.5. The van der Waals surface area contributed by atoms with Gasteiger partial charge in [0.2, 0.25) is 0 Å². The number of nitrogens with zero attached hydrogens (tertiary/aromatic N) is 1. The third-order valence-corrected chi connectivity index (χ3v) is 10.8. The Labute approximate surface area is 327 Å². The zero-order valence-electron chi connectivity index (χ0n) is 35.5. The van der Waals surface area contributed by atoms with Crippen LogP contribution in [0.3, 0.4) is 0 Å². The molecule has 0 spiro atoms.